The Morgan fingerprint density at radius 3 is 2.67 bits per heavy atom. The Morgan fingerprint density at radius 2 is 2.00 bits per heavy atom. The lowest BCUT2D eigenvalue weighted by Gasteiger charge is -2.06. The molecule has 1 aromatic heterocycles. The van der Waals surface area contributed by atoms with Crippen LogP contribution in [0, 0.1) is 5.82 Å². The van der Waals surface area contributed by atoms with Crippen LogP contribution in [-0.2, 0) is 6.42 Å². The van der Waals surface area contributed by atoms with Gasteiger partial charge in [-0.2, -0.15) is 9.37 Å². The van der Waals surface area contributed by atoms with Crippen molar-refractivity contribution in [3.8, 4) is 11.6 Å². The summed E-state index contributed by atoms with van der Waals surface area (Å²) in [5.41, 5.74) is 6.31. The summed E-state index contributed by atoms with van der Waals surface area (Å²) in [5.74, 6) is -0.502. The van der Waals surface area contributed by atoms with Gasteiger partial charge in [0.15, 0.2) is 0 Å². The van der Waals surface area contributed by atoms with Crippen LogP contribution in [0.1, 0.15) is 5.56 Å². The molecule has 2 rings (SSSR count). The van der Waals surface area contributed by atoms with E-state index in [0.717, 1.165) is 11.8 Å². The van der Waals surface area contributed by atoms with Crippen molar-refractivity contribution in [2.24, 2.45) is 0 Å². The molecule has 0 unspecified atom stereocenters. The lowest BCUT2D eigenvalue weighted by atomic mass is 10.1. The maximum absolute atomic E-state index is 13.3. The minimum atomic E-state index is -0.677. The second-order valence-corrected chi connectivity index (χ2v) is 3.60. The standard InChI is InChI=1S/C12H12FN3O2/c13-10-7-15-12(14)16-11(10)18-9-3-1-8(2-4-9)5-6-17/h1-4,7,17H,5-6H2,(H2,14,15,16). The third-order valence-corrected chi connectivity index (χ3v) is 2.27. The van der Waals surface area contributed by atoms with Gasteiger partial charge in [0.2, 0.25) is 11.8 Å². The fourth-order valence-corrected chi connectivity index (χ4v) is 1.40. The number of benzene rings is 1. The molecule has 1 heterocycles. The molecule has 0 spiro atoms. The summed E-state index contributed by atoms with van der Waals surface area (Å²) in [6.45, 7) is 0.0806. The van der Waals surface area contributed by atoms with E-state index in [9.17, 15) is 4.39 Å². The van der Waals surface area contributed by atoms with Crippen LogP contribution in [0.2, 0.25) is 0 Å². The summed E-state index contributed by atoms with van der Waals surface area (Å²) in [6, 6.07) is 6.91. The van der Waals surface area contributed by atoms with Crippen molar-refractivity contribution in [1.29, 1.82) is 0 Å². The maximum atomic E-state index is 13.3. The average molecular weight is 249 g/mol. The van der Waals surface area contributed by atoms with Crippen molar-refractivity contribution in [2.75, 3.05) is 12.3 Å². The van der Waals surface area contributed by atoms with E-state index in [4.69, 9.17) is 15.6 Å². The van der Waals surface area contributed by atoms with Crippen LogP contribution < -0.4 is 10.5 Å². The van der Waals surface area contributed by atoms with E-state index in [0.29, 0.717) is 12.2 Å². The molecule has 18 heavy (non-hydrogen) atoms. The van der Waals surface area contributed by atoms with Crippen LogP contribution in [0.4, 0.5) is 10.3 Å². The molecule has 0 aliphatic heterocycles. The Kier molecular flexibility index (Phi) is 3.69. The van der Waals surface area contributed by atoms with Crippen LogP contribution >= 0.6 is 0 Å². The topological polar surface area (TPSA) is 81.3 Å². The molecule has 3 N–H and O–H groups in total. The smallest absolute Gasteiger partial charge is 0.260 e. The monoisotopic (exact) mass is 249 g/mol. The Hall–Kier alpha value is -2.21. The van der Waals surface area contributed by atoms with Gasteiger partial charge in [0.05, 0.1) is 6.20 Å². The number of nitrogens with zero attached hydrogens (tertiary/aromatic N) is 2. The van der Waals surface area contributed by atoms with Crippen LogP contribution in [0.25, 0.3) is 0 Å². The van der Waals surface area contributed by atoms with E-state index >= 15 is 0 Å². The third kappa shape index (κ3) is 2.92. The third-order valence-electron chi connectivity index (χ3n) is 2.27. The SMILES string of the molecule is Nc1ncc(F)c(Oc2ccc(CCO)cc2)n1. The first kappa shape index (κ1) is 12.3. The van der Waals surface area contributed by atoms with E-state index in [-0.39, 0.29) is 18.4 Å². The fraction of sp³-hybridized carbons (Fsp3) is 0.167. The molecule has 5 nitrogen and oxygen atoms in total. The summed E-state index contributed by atoms with van der Waals surface area (Å²) in [4.78, 5) is 7.16. The minimum Gasteiger partial charge on any atom is -0.436 e. The first-order valence-corrected chi connectivity index (χ1v) is 5.34. The molecule has 6 heteroatoms. The molecule has 0 saturated heterocycles. The molecule has 0 aliphatic carbocycles. The molecule has 0 bridgehead atoms. The number of nitrogen functional groups attached to an aromatic ring is 1. The Morgan fingerprint density at radius 1 is 1.28 bits per heavy atom. The highest BCUT2D eigenvalue weighted by Crippen LogP contribution is 2.22. The zero-order chi connectivity index (χ0) is 13.0. The maximum Gasteiger partial charge on any atom is 0.260 e. The van der Waals surface area contributed by atoms with Crippen LogP contribution in [0.3, 0.4) is 0 Å². The summed E-state index contributed by atoms with van der Waals surface area (Å²) in [6.07, 6.45) is 1.52. The van der Waals surface area contributed by atoms with Crippen LogP contribution in [0.5, 0.6) is 11.6 Å². The molecule has 0 amide bonds. The predicted octanol–water partition coefficient (Wildman–Crippen LogP) is 1.52. The van der Waals surface area contributed by atoms with Crippen molar-refractivity contribution in [3.63, 3.8) is 0 Å². The number of ether oxygens (including phenoxy) is 1. The number of halogens is 1. The normalized spacial score (nSPS) is 10.3. The predicted molar refractivity (Wildman–Crippen MR) is 63.7 cm³/mol. The van der Waals surface area contributed by atoms with Gasteiger partial charge in [-0.25, -0.2) is 4.98 Å². The molecular formula is C12H12FN3O2. The van der Waals surface area contributed by atoms with Gasteiger partial charge in [0, 0.05) is 6.61 Å². The van der Waals surface area contributed by atoms with Gasteiger partial charge >= 0.3 is 0 Å². The van der Waals surface area contributed by atoms with E-state index in [2.05, 4.69) is 9.97 Å². The summed E-state index contributed by atoms with van der Waals surface area (Å²) >= 11 is 0. The number of aliphatic hydroxyl groups excluding tert-OH is 1. The Balaban J connectivity index is 2.15. The Bertz CT molecular complexity index is 531. The average Bonchev–Trinajstić information content (AvgIpc) is 2.37. The molecule has 0 atom stereocenters. The number of anilines is 1. The van der Waals surface area contributed by atoms with E-state index in [1.807, 2.05) is 0 Å². The molecule has 1 aromatic carbocycles. The number of rotatable bonds is 4. The number of nitrogens with two attached hydrogens (primary N) is 1. The highest BCUT2D eigenvalue weighted by molar-refractivity contribution is 5.32. The molecular weight excluding hydrogens is 237 g/mol. The fourth-order valence-electron chi connectivity index (χ4n) is 1.40. The van der Waals surface area contributed by atoms with Gasteiger partial charge in [-0.1, -0.05) is 12.1 Å². The van der Waals surface area contributed by atoms with Crippen LogP contribution in [0.15, 0.2) is 30.5 Å². The first-order valence-electron chi connectivity index (χ1n) is 5.34. The minimum absolute atomic E-state index is 0.0525. The molecule has 0 saturated carbocycles. The summed E-state index contributed by atoms with van der Waals surface area (Å²) < 4.78 is 18.6. The molecule has 0 fully saturated rings. The lowest BCUT2D eigenvalue weighted by Crippen LogP contribution is -1.99. The molecule has 0 aliphatic rings. The first-order chi connectivity index (χ1) is 8.69. The highest BCUT2D eigenvalue weighted by atomic mass is 19.1. The quantitative estimate of drug-likeness (QED) is 0.858. The zero-order valence-corrected chi connectivity index (χ0v) is 9.51. The van der Waals surface area contributed by atoms with Crippen molar-refractivity contribution >= 4 is 5.95 Å². The second-order valence-electron chi connectivity index (χ2n) is 3.60. The number of aromatic nitrogens is 2. The number of hydrogen-bond acceptors (Lipinski definition) is 5. The number of aliphatic hydroxyl groups is 1. The van der Waals surface area contributed by atoms with Crippen molar-refractivity contribution in [3.05, 3.63) is 41.8 Å². The molecule has 94 valence electrons. The van der Waals surface area contributed by atoms with Gasteiger partial charge in [0.1, 0.15) is 5.75 Å². The van der Waals surface area contributed by atoms with E-state index in [1.165, 1.54) is 0 Å². The van der Waals surface area contributed by atoms with Gasteiger partial charge in [-0.05, 0) is 24.1 Å². The lowest BCUT2D eigenvalue weighted by molar-refractivity contribution is 0.299. The molecule has 0 radical (unpaired) electrons. The van der Waals surface area contributed by atoms with E-state index in [1.54, 1.807) is 24.3 Å². The summed E-state index contributed by atoms with van der Waals surface area (Å²) in [7, 11) is 0. The van der Waals surface area contributed by atoms with Gasteiger partial charge in [-0.15, -0.1) is 0 Å². The Labute approximate surface area is 103 Å². The van der Waals surface area contributed by atoms with E-state index < -0.39 is 5.82 Å². The van der Waals surface area contributed by atoms with Crippen LogP contribution in [-0.4, -0.2) is 21.7 Å². The zero-order valence-electron chi connectivity index (χ0n) is 9.51. The van der Waals surface area contributed by atoms with Gasteiger partial charge in [0.25, 0.3) is 5.88 Å². The molecule has 2 aromatic rings. The van der Waals surface area contributed by atoms with Crippen molar-refractivity contribution in [2.45, 2.75) is 6.42 Å². The van der Waals surface area contributed by atoms with Gasteiger partial charge in [-0.3, -0.25) is 0 Å². The largest absolute Gasteiger partial charge is 0.436 e. The van der Waals surface area contributed by atoms with Crippen molar-refractivity contribution in [1.82, 2.24) is 9.97 Å². The van der Waals surface area contributed by atoms with Gasteiger partial charge < -0.3 is 15.6 Å². The number of hydrogen-bond donors (Lipinski definition) is 2. The highest BCUT2D eigenvalue weighted by Gasteiger charge is 2.08. The van der Waals surface area contributed by atoms with Crippen molar-refractivity contribution < 1.29 is 14.2 Å². The second kappa shape index (κ2) is 5.42. The summed E-state index contributed by atoms with van der Waals surface area (Å²) in [5, 5.41) is 8.78.